The smallest absolute Gasteiger partial charge is 0.849 e. The number of hydrogen-bond donors (Lipinski definition) is 2. The molecule has 0 aliphatic heterocycles. The fourth-order valence-electron chi connectivity index (χ4n) is 0.493. The van der Waals surface area contributed by atoms with Gasteiger partial charge in [-0.3, -0.25) is 0 Å². The minimum atomic E-state index is -4.25. The van der Waals surface area contributed by atoms with E-state index in [-0.39, 0.29) is 109 Å². The van der Waals surface area contributed by atoms with E-state index in [1.165, 1.54) is 0 Å². The van der Waals surface area contributed by atoms with E-state index in [1.54, 1.807) is 0 Å². The summed E-state index contributed by atoms with van der Waals surface area (Å²) >= 11 is 0. The van der Waals surface area contributed by atoms with Crippen molar-refractivity contribution in [1.82, 2.24) is 0 Å². The average Bonchev–Trinajstić information content (AvgIpc) is 1.63. The molecule has 0 rings (SSSR count). The molecule has 0 bridgehead atoms. The SMILES string of the molecule is NCCCC[Si]([O-])([O-])O.[K+].[K+]. The van der Waals surface area contributed by atoms with Crippen LogP contribution in [0, 0.1) is 0 Å². The third-order valence-electron chi connectivity index (χ3n) is 0.947. The Morgan fingerprint density at radius 1 is 1.18 bits per heavy atom. The predicted molar refractivity (Wildman–Crippen MR) is 31.1 cm³/mol. The summed E-state index contributed by atoms with van der Waals surface area (Å²) in [7, 11) is -4.25. The minimum absolute atomic E-state index is 0. The van der Waals surface area contributed by atoms with E-state index >= 15 is 0 Å². The van der Waals surface area contributed by atoms with Gasteiger partial charge in [-0.05, 0) is 21.8 Å². The van der Waals surface area contributed by atoms with Crippen molar-refractivity contribution in [3.63, 3.8) is 0 Å². The van der Waals surface area contributed by atoms with Crippen molar-refractivity contribution in [2.45, 2.75) is 18.9 Å². The summed E-state index contributed by atoms with van der Waals surface area (Å²) in [6, 6.07) is -0.121. The van der Waals surface area contributed by atoms with Gasteiger partial charge in [-0.2, -0.15) is 0 Å². The van der Waals surface area contributed by atoms with Gasteiger partial charge in [-0.15, -0.1) is 0 Å². The van der Waals surface area contributed by atoms with Crippen molar-refractivity contribution in [2.75, 3.05) is 6.54 Å². The molecule has 0 unspecified atom stereocenters. The molecule has 56 valence electrons. The summed E-state index contributed by atoms with van der Waals surface area (Å²) in [6.45, 7) is 0.477. The molecule has 0 aromatic heterocycles. The van der Waals surface area contributed by atoms with Crippen molar-refractivity contribution in [3.8, 4) is 0 Å². The van der Waals surface area contributed by atoms with E-state index in [1.807, 2.05) is 0 Å². The molecule has 0 heterocycles. The zero-order valence-electron chi connectivity index (χ0n) is 7.17. The molecule has 0 fully saturated rings. The Morgan fingerprint density at radius 2 is 1.64 bits per heavy atom. The van der Waals surface area contributed by atoms with Gasteiger partial charge >= 0.3 is 103 Å². The van der Waals surface area contributed by atoms with E-state index in [0.717, 1.165) is 0 Å². The third kappa shape index (κ3) is 19.7. The number of hydrogen-bond acceptors (Lipinski definition) is 4. The third-order valence-corrected chi connectivity index (χ3v) is 1.93. The first kappa shape index (κ1) is 19.8. The standard InChI is InChI=1S/C4H11NO3Si.2K/c5-3-1-2-4-9(6,7)8;;/h6H,1-5H2;;/q-2;2*+1. The average molecular weight is 227 g/mol. The van der Waals surface area contributed by atoms with Crippen LogP contribution in [0.5, 0.6) is 0 Å². The van der Waals surface area contributed by atoms with Gasteiger partial charge in [0.05, 0.1) is 0 Å². The molecular weight excluding hydrogens is 216 g/mol. The van der Waals surface area contributed by atoms with Crippen LogP contribution in [0.25, 0.3) is 0 Å². The van der Waals surface area contributed by atoms with E-state index in [9.17, 15) is 9.59 Å². The van der Waals surface area contributed by atoms with E-state index < -0.39 is 8.80 Å². The second-order valence-corrected chi connectivity index (χ2v) is 3.88. The number of unbranched alkanes of at least 4 members (excludes halogenated alkanes) is 1. The molecule has 0 aliphatic rings. The van der Waals surface area contributed by atoms with Gasteiger partial charge in [0.15, 0.2) is 0 Å². The van der Waals surface area contributed by atoms with Crippen LogP contribution in [0.4, 0.5) is 0 Å². The van der Waals surface area contributed by atoms with Gasteiger partial charge in [-0.1, -0.05) is 12.5 Å². The van der Waals surface area contributed by atoms with E-state index in [2.05, 4.69) is 0 Å². The summed E-state index contributed by atoms with van der Waals surface area (Å²) < 4.78 is 0. The van der Waals surface area contributed by atoms with Gasteiger partial charge in [-0.25, -0.2) is 0 Å². The summed E-state index contributed by atoms with van der Waals surface area (Å²) in [4.78, 5) is 28.4. The van der Waals surface area contributed by atoms with Crippen molar-refractivity contribution in [2.24, 2.45) is 5.73 Å². The van der Waals surface area contributed by atoms with Crippen molar-refractivity contribution >= 4 is 8.80 Å². The molecule has 0 radical (unpaired) electrons. The van der Waals surface area contributed by atoms with Gasteiger partial charge in [0.25, 0.3) is 0 Å². The Labute approximate surface area is 153 Å². The van der Waals surface area contributed by atoms with Crippen LogP contribution in [-0.2, 0) is 0 Å². The Hall–Kier alpha value is 3.33. The summed E-state index contributed by atoms with van der Waals surface area (Å²) in [5, 5.41) is 0. The second kappa shape index (κ2) is 11.4. The second-order valence-electron chi connectivity index (χ2n) is 1.96. The maximum atomic E-state index is 10.1. The molecule has 0 atom stereocenters. The van der Waals surface area contributed by atoms with Crippen molar-refractivity contribution < 1.29 is 117 Å². The molecule has 3 N–H and O–H groups in total. The fraction of sp³-hybridized carbons (Fsp3) is 1.00. The minimum Gasteiger partial charge on any atom is -0.849 e. The monoisotopic (exact) mass is 227 g/mol. The maximum Gasteiger partial charge on any atom is 1.00 e. The molecule has 0 spiro atoms. The van der Waals surface area contributed by atoms with E-state index in [0.29, 0.717) is 19.4 Å². The van der Waals surface area contributed by atoms with Crippen LogP contribution in [-0.4, -0.2) is 20.1 Å². The molecule has 7 heteroatoms. The molecule has 0 amide bonds. The number of rotatable bonds is 4. The first-order valence-electron chi connectivity index (χ1n) is 2.89. The quantitative estimate of drug-likeness (QED) is 0.368. The molecule has 11 heavy (non-hydrogen) atoms. The Bertz CT molecular complexity index is 80.2. The molecular formula is C4H11K2NO3Si. The molecule has 0 saturated carbocycles. The van der Waals surface area contributed by atoms with Gasteiger partial charge in [0.2, 0.25) is 0 Å². The van der Waals surface area contributed by atoms with Gasteiger partial charge < -0.3 is 20.1 Å². The fourth-order valence-corrected chi connectivity index (χ4v) is 1.19. The molecule has 0 aromatic rings. The summed E-state index contributed by atoms with van der Waals surface area (Å²) in [6.07, 6.45) is 1.12. The Kier molecular flexibility index (Phi) is 20.6. The van der Waals surface area contributed by atoms with Crippen LogP contribution in [0.15, 0.2) is 0 Å². The van der Waals surface area contributed by atoms with Crippen molar-refractivity contribution in [1.29, 1.82) is 0 Å². The van der Waals surface area contributed by atoms with Crippen LogP contribution >= 0.6 is 0 Å². The van der Waals surface area contributed by atoms with E-state index in [4.69, 9.17) is 10.5 Å². The first-order valence-corrected chi connectivity index (χ1v) is 4.86. The Balaban J connectivity index is -0.000000320. The van der Waals surface area contributed by atoms with Gasteiger partial charge in [0.1, 0.15) is 0 Å². The zero-order valence-corrected chi connectivity index (χ0v) is 14.4. The topological polar surface area (TPSA) is 92.4 Å². The van der Waals surface area contributed by atoms with Crippen LogP contribution in [0.2, 0.25) is 6.04 Å². The summed E-state index contributed by atoms with van der Waals surface area (Å²) in [5.41, 5.74) is 5.09. The normalized spacial score (nSPS) is 9.82. The van der Waals surface area contributed by atoms with Crippen LogP contribution < -0.4 is 118 Å². The molecule has 0 saturated heterocycles. The number of nitrogens with two attached hydrogens (primary N) is 1. The molecule has 4 nitrogen and oxygen atoms in total. The first-order chi connectivity index (χ1) is 4.06. The van der Waals surface area contributed by atoms with Gasteiger partial charge in [0, 0.05) is 0 Å². The molecule has 0 aliphatic carbocycles. The predicted octanol–water partition coefficient (Wildman–Crippen LogP) is -8.61. The Morgan fingerprint density at radius 3 is 1.91 bits per heavy atom. The van der Waals surface area contributed by atoms with Crippen molar-refractivity contribution in [3.05, 3.63) is 0 Å². The van der Waals surface area contributed by atoms with Crippen LogP contribution in [0.3, 0.4) is 0 Å². The zero-order chi connectivity index (χ0) is 7.33. The molecule has 0 aromatic carbocycles. The maximum absolute atomic E-state index is 10.1. The van der Waals surface area contributed by atoms with Crippen LogP contribution in [0.1, 0.15) is 12.8 Å². The summed E-state index contributed by atoms with van der Waals surface area (Å²) in [5.74, 6) is 0. The largest absolute Gasteiger partial charge is 1.00 e.